The number of nitrogens with two attached hydrogens (primary N) is 1. The zero-order valence-corrected chi connectivity index (χ0v) is 11.1. The highest BCUT2D eigenvalue weighted by Crippen LogP contribution is 2.21. The van der Waals surface area contributed by atoms with Crippen molar-refractivity contribution in [2.45, 2.75) is 6.42 Å². The molecule has 1 heterocycles. The Balaban J connectivity index is 2.01. The van der Waals surface area contributed by atoms with Gasteiger partial charge < -0.3 is 16.2 Å². The smallest absolute Gasteiger partial charge is 0.337 e. The van der Waals surface area contributed by atoms with Gasteiger partial charge in [-0.2, -0.15) is 0 Å². The second kappa shape index (κ2) is 5.08. The van der Waals surface area contributed by atoms with Crippen LogP contribution in [-0.2, 0) is 9.84 Å². The predicted octanol–water partition coefficient (Wildman–Crippen LogP) is 0.814. The van der Waals surface area contributed by atoms with Crippen molar-refractivity contribution in [1.29, 1.82) is 0 Å². The lowest BCUT2D eigenvalue weighted by Gasteiger charge is -2.12. The van der Waals surface area contributed by atoms with Crippen molar-refractivity contribution < 1.29 is 18.3 Å². The Kier molecular flexibility index (Phi) is 3.66. The van der Waals surface area contributed by atoms with E-state index in [2.05, 4.69) is 5.32 Å². The number of nitrogen functional groups attached to an aromatic ring is 1. The summed E-state index contributed by atoms with van der Waals surface area (Å²) in [7, 11) is -2.88. The van der Waals surface area contributed by atoms with Crippen LogP contribution in [0.15, 0.2) is 18.2 Å². The number of carboxylic acids is 1. The number of benzene rings is 1. The summed E-state index contributed by atoms with van der Waals surface area (Å²) in [5.74, 6) is -0.567. The van der Waals surface area contributed by atoms with E-state index in [1.165, 1.54) is 12.1 Å². The summed E-state index contributed by atoms with van der Waals surface area (Å²) >= 11 is 0. The lowest BCUT2D eigenvalue weighted by Crippen LogP contribution is -2.16. The van der Waals surface area contributed by atoms with E-state index in [0.717, 1.165) is 0 Å². The van der Waals surface area contributed by atoms with Gasteiger partial charge in [-0.3, -0.25) is 0 Å². The zero-order chi connectivity index (χ0) is 14.0. The van der Waals surface area contributed by atoms with Crippen LogP contribution in [-0.4, -0.2) is 37.5 Å². The van der Waals surface area contributed by atoms with Crippen LogP contribution < -0.4 is 11.1 Å². The fourth-order valence-electron chi connectivity index (χ4n) is 2.15. The number of anilines is 2. The monoisotopic (exact) mass is 284 g/mol. The molecule has 7 heteroatoms. The van der Waals surface area contributed by atoms with E-state index in [1.807, 2.05) is 0 Å². The lowest BCUT2D eigenvalue weighted by molar-refractivity contribution is 0.0698. The average molecular weight is 284 g/mol. The van der Waals surface area contributed by atoms with Crippen LogP contribution in [0.2, 0.25) is 0 Å². The summed E-state index contributed by atoms with van der Waals surface area (Å²) in [4.78, 5) is 10.9. The summed E-state index contributed by atoms with van der Waals surface area (Å²) < 4.78 is 22.6. The Morgan fingerprint density at radius 3 is 2.79 bits per heavy atom. The first-order valence-corrected chi connectivity index (χ1v) is 7.76. The Bertz CT molecular complexity index is 598. The summed E-state index contributed by atoms with van der Waals surface area (Å²) in [5.41, 5.74) is 6.45. The van der Waals surface area contributed by atoms with Gasteiger partial charge in [0.1, 0.15) is 0 Å². The molecule has 1 fully saturated rings. The van der Waals surface area contributed by atoms with Crippen molar-refractivity contribution in [3.8, 4) is 0 Å². The van der Waals surface area contributed by atoms with Crippen molar-refractivity contribution in [2.75, 3.05) is 29.1 Å². The number of nitrogens with one attached hydrogen (secondary N) is 1. The van der Waals surface area contributed by atoms with Crippen molar-refractivity contribution >= 4 is 27.2 Å². The number of carbonyl (C=O) groups is 1. The van der Waals surface area contributed by atoms with Crippen molar-refractivity contribution in [3.05, 3.63) is 23.8 Å². The van der Waals surface area contributed by atoms with Crippen LogP contribution in [0.1, 0.15) is 16.8 Å². The fourth-order valence-corrected chi connectivity index (χ4v) is 4.01. The maximum absolute atomic E-state index is 11.3. The first-order valence-electron chi connectivity index (χ1n) is 5.94. The summed E-state index contributed by atoms with van der Waals surface area (Å²) in [6.45, 7) is 0.516. The molecular weight excluding hydrogens is 268 g/mol. The molecule has 1 aliphatic heterocycles. The Morgan fingerprint density at radius 2 is 2.21 bits per heavy atom. The van der Waals surface area contributed by atoms with Gasteiger partial charge in [0.05, 0.1) is 17.1 Å². The minimum atomic E-state index is -2.88. The first-order chi connectivity index (χ1) is 8.87. The topological polar surface area (TPSA) is 109 Å². The number of hydrogen-bond acceptors (Lipinski definition) is 5. The molecule has 1 saturated heterocycles. The van der Waals surface area contributed by atoms with Crippen LogP contribution in [0, 0.1) is 5.92 Å². The minimum absolute atomic E-state index is 0.0454. The van der Waals surface area contributed by atoms with Crippen LogP contribution in [0.5, 0.6) is 0 Å². The molecule has 2 rings (SSSR count). The van der Waals surface area contributed by atoms with E-state index >= 15 is 0 Å². The molecule has 0 radical (unpaired) electrons. The quantitative estimate of drug-likeness (QED) is 0.706. The highest BCUT2D eigenvalue weighted by Gasteiger charge is 2.27. The van der Waals surface area contributed by atoms with Gasteiger partial charge in [-0.1, -0.05) is 0 Å². The normalized spacial score (nSPS) is 21.2. The minimum Gasteiger partial charge on any atom is -0.478 e. The highest BCUT2D eigenvalue weighted by atomic mass is 32.2. The van der Waals surface area contributed by atoms with Gasteiger partial charge in [-0.05, 0) is 30.5 Å². The molecule has 1 unspecified atom stereocenters. The maximum atomic E-state index is 11.3. The number of hydrogen-bond donors (Lipinski definition) is 3. The summed E-state index contributed by atoms with van der Waals surface area (Å²) in [6.07, 6.45) is 0.649. The van der Waals surface area contributed by atoms with Crippen LogP contribution in [0.4, 0.5) is 11.4 Å². The van der Waals surface area contributed by atoms with Gasteiger partial charge in [0.15, 0.2) is 9.84 Å². The fraction of sp³-hybridized carbons (Fsp3) is 0.417. The molecule has 4 N–H and O–H groups in total. The molecule has 1 aromatic carbocycles. The van der Waals surface area contributed by atoms with Crippen molar-refractivity contribution in [1.82, 2.24) is 0 Å². The van der Waals surface area contributed by atoms with Gasteiger partial charge in [0.2, 0.25) is 0 Å². The third kappa shape index (κ3) is 3.37. The molecule has 6 nitrogen and oxygen atoms in total. The van der Waals surface area contributed by atoms with Gasteiger partial charge in [0, 0.05) is 17.9 Å². The number of sulfone groups is 1. The largest absolute Gasteiger partial charge is 0.478 e. The van der Waals surface area contributed by atoms with Crippen LogP contribution >= 0.6 is 0 Å². The second-order valence-electron chi connectivity index (χ2n) is 4.76. The molecular formula is C12H16N2O4S. The second-order valence-corrected chi connectivity index (χ2v) is 6.99. The maximum Gasteiger partial charge on any atom is 0.337 e. The van der Waals surface area contributed by atoms with E-state index in [4.69, 9.17) is 10.8 Å². The molecule has 19 heavy (non-hydrogen) atoms. The Morgan fingerprint density at radius 1 is 1.47 bits per heavy atom. The Labute approximate surface area is 111 Å². The molecule has 0 aromatic heterocycles. The SMILES string of the molecule is Nc1ccc(NCC2CCS(=O)(=O)C2)cc1C(=O)O. The summed E-state index contributed by atoms with van der Waals surface area (Å²) in [5, 5.41) is 12.0. The van der Waals surface area contributed by atoms with E-state index in [0.29, 0.717) is 18.7 Å². The molecule has 104 valence electrons. The van der Waals surface area contributed by atoms with E-state index in [-0.39, 0.29) is 28.7 Å². The van der Waals surface area contributed by atoms with Crippen LogP contribution in [0.3, 0.4) is 0 Å². The highest BCUT2D eigenvalue weighted by molar-refractivity contribution is 7.91. The third-order valence-electron chi connectivity index (χ3n) is 3.21. The first kappa shape index (κ1) is 13.7. The standard InChI is InChI=1S/C12H16N2O4S/c13-11-2-1-9(5-10(11)12(15)16)14-6-8-3-4-19(17,18)7-8/h1-2,5,8,14H,3-4,6-7,13H2,(H,15,16). The van der Waals surface area contributed by atoms with Crippen LogP contribution in [0.25, 0.3) is 0 Å². The predicted molar refractivity (Wildman–Crippen MR) is 73.1 cm³/mol. The molecule has 0 saturated carbocycles. The van der Waals surface area contributed by atoms with Gasteiger partial charge in [0.25, 0.3) is 0 Å². The number of aromatic carboxylic acids is 1. The van der Waals surface area contributed by atoms with Gasteiger partial charge in [-0.25, -0.2) is 13.2 Å². The van der Waals surface area contributed by atoms with Gasteiger partial charge >= 0.3 is 5.97 Å². The van der Waals surface area contributed by atoms with E-state index in [9.17, 15) is 13.2 Å². The molecule has 0 spiro atoms. The number of carboxylic acid groups (broad SMARTS) is 1. The molecule has 0 bridgehead atoms. The molecule has 0 amide bonds. The number of rotatable bonds is 4. The molecule has 0 aliphatic carbocycles. The van der Waals surface area contributed by atoms with Crippen molar-refractivity contribution in [2.24, 2.45) is 5.92 Å². The zero-order valence-electron chi connectivity index (χ0n) is 10.3. The molecule has 1 aliphatic rings. The Hall–Kier alpha value is -1.76. The summed E-state index contributed by atoms with van der Waals surface area (Å²) in [6, 6.07) is 4.67. The van der Waals surface area contributed by atoms with Crippen molar-refractivity contribution in [3.63, 3.8) is 0 Å². The lowest BCUT2D eigenvalue weighted by atomic mass is 10.1. The van der Waals surface area contributed by atoms with Gasteiger partial charge in [-0.15, -0.1) is 0 Å². The van der Waals surface area contributed by atoms with E-state index < -0.39 is 15.8 Å². The third-order valence-corrected chi connectivity index (χ3v) is 5.04. The molecule has 1 aromatic rings. The van der Waals surface area contributed by atoms with E-state index in [1.54, 1.807) is 6.07 Å². The molecule has 1 atom stereocenters. The average Bonchev–Trinajstić information content (AvgIpc) is 2.67.